The van der Waals surface area contributed by atoms with E-state index in [4.69, 9.17) is 11.6 Å². The highest BCUT2D eigenvalue weighted by molar-refractivity contribution is 7.99. The van der Waals surface area contributed by atoms with Crippen molar-refractivity contribution in [3.63, 3.8) is 0 Å². The Hall–Kier alpha value is -5.89. The lowest BCUT2D eigenvalue weighted by Gasteiger charge is -2.37. The number of carbonyl (C=O) groups excluding carboxylic acids is 1. The standard InChI is InChI=1S/C52H55ClF5N7O8S4/c1-33-46(51(67)61-75(3,68)69)48(50(62(33)2)34-9-11-35(53)12-10-34)47-42(54)18-20-44(49(47)55)65-29-27-64(28-30-65)38-15-13-36(14-16-38)60-77(72,73)41-17-19-43(45(31-41)76(70,71)52(56,57)58)59-37(32-74-40-7-5-4-6-8-40)21-24-63-25-22-39(66)23-26-63/h4-20,31,37,39,59-60,66H,21-30,32H2,1-3H3,(H,61,67)/t37-/m1/s1. The SMILES string of the molecule is Cc1c(C(=O)NS(C)(=O)=O)c(-c2c(F)ccc(N3CCN(c4ccc(NS(=O)(=O)c5ccc(N[C@H](CCN6CCC(O)CC6)CSc6ccccc6)c(S(=O)(=O)C(F)(F)F)c5)cc4)CC3)c2F)c(-c2ccc(Cl)cc2)n1C. The van der Waals surface area contributed by atoms with E-state index in [1.807, 2.05) is 40.0 Å². The second-order valence-corrected chi connectivity index (χ2v) is 25.6. The predicted octanol–water partition coefficient (Wildman–Crippen LogP) is 9.13. The van der Waals surface area contributed by atoms with Gasteiger partial charge in [0.05, 0.1) is 45.5 Å². The van der Waals surface area contributed by atoms with E-state index in [2.05, 4.69) is 14.9 Å². The summed E-state index contributed by atoms with van der Waals surface area (Å²) in [7, 11) is -13.3. The molecule has 1 atom stereocenters. The summed E-state index contributed by atoms with van der Waals surface area (Å²) in [4.78, 5) is 18.2. The van der Waals surface area contributed by atoms with Crippen LogP contribution in [0.2, 0.25) is 5.02 Å². The maximum absolute atomic E-state index is 17.1. The zero-order valence-corrected chi connectivity index (χ0v) is 45.8. The lowest BCUT2D eigenvalue weighted by atomic mass is 9.95. The third-order valence-electron chi connectivity index (χ3n) is 13.5. The van der Waals surface area contributed by atoms with E-state index in [1.165, 1.54) is 36.9 Å². The number of likely N-dealkylation sites (tertiary alicyclic amines) is 1. The molecule has 8 rings (SSSR count). The minimum Gasteiger partial charge on any atom is -0.393 e. The van der Waals surface area contributed by atoms with Crippen molar-refractivity contribution >= 4 is 81.9 Å². The molecule has 412 valence electrons. The Balaban J connectivity index is 0.994. The van der Waals surface area contributed by atoms with Gasteiger partial charge < -0.3 is 29.7 Å². The first-order chi connectivity index (χ1) is 36.3. The maximum atomic E-state index is 17.1. The molecule has 4 N–H and O–H groups in total. The number of anilines is 4. The van der Waals surface area contributed by atoms with Gasteiger partial charge >= 0.3 is 5.51 Å². The third-order valence-corrected chi connectivity index (χ3v) is 18.4. The molecule has 5 aromatic carbocycles. The number of piperidine rings is 1. The van der Waals surface area contributed by atoms with Crippen LogP contribution in [0.4, 0.5) is 44.7 Å². The zero-order valence-electron chi connectivity index (χ0n) is 41.8. The van der Waals surface area contributed by atoms with E-state index in [0.717, 1.165) is 29.4 Å². The second kappa shape index (κ2) is 23.2. The number of thioether (sulfide) groups is 1. The number of hydrogen-bond acceptors (Lipinski definition) is 13. The molecule has 0 bridgehead atoms. The number of sulfone groups is 1. The van der Waals surface area contributed by atoms with Gasteiger partial charge in [0.2, 0.25) is 10.0 Å². The van der Waals surface area contributed by atoms with Gasteiger partial charge in [-0.3, -0.25) is 9.52 Å². The number of benzene rings is 5. The summed E-state index contributed by atoms with van der Waals surface area (Å²) in [6.07, 6.45) is 1.90. The van der Waals surface area contributed by atoms with Crippen molar-refractivity contribution in [2.75, 3.05) is 77.7 Å². The molecule has 0 saturated carbocycles. The van der Waals surface area contributed by atoms with Gasteiger partial charge in [-0.15, -0.1) is 11.8 Å². The first-order valence-corrected chi connectivity index (χ1v) is 30.4. The monoisotopic (exact) mass is 1160 g/mol. The molecule has 15 nitrogen and oxygen atoms in total. The quantitative estimate of drug-likeness (QED) is 0.0471. The molecule has 0 unspecified atom stereocenters. The van der Waals surface area contributed by atoms with Gasteiger partial charge in [0.1, 0.15) is 10.7 Å². The van der Waals surface area contributed by atoms with Crippen LogP contribution < -0.4 is 24.6 Å². The lowest BCUT2D eigenvalue weighted by Crippen LogP contribution is -2.46. The fourth-order valence-electron chi connectivity index (χ4n) is 9.41. The van der Waals surface area contributed by atoms with Gasteiger partial charge in [0.15, 0.2) is 5.82 Å². The number of halogens is 6. The minimum atomic E-state index is -6.08. The molecule has 6 aromatic rings. The van der Waals surface area contributed by atoms with E-state index in [-0.39, 0.29) is 47.0 Å². The zero-order chi connectivity index (χ0) is 55.6. The number of aliphatic hydroxyl groups is 1. The van der Waals surface area contributed by atoms with E-state index in [0.29, 0.717) is 80.1 Å². The van der Waals surface area contributed by atoms with Crippen LogP contribution in [0.1, 0.15) is 35.3 Å². The van der Waals surface area contributed by atoms with Gasteiger partial charge in [-0.2, -0.15) is 13.2 Å². The van der Waals surface area contributed by atoms with E-state index in [9.17, 15) is 48.3 Å². The Kier molecular flexibility index (Phi) is 17.3. The van der Waals surface area contributed by atoms with Crippen molar-refractivity contribution in [2.24, 2.45) is 7.05 Å². The number of carbonyl (C=O) groups is 1. The normalized spacial score (nSPS) is 15.6. The van der Waals surface area contributed by atoms with Crippen LogP contribution in [0, 0.1) is 18.6 Å². The predicted molar refractivity (Wildman–Crippen MR) is 290 cm³/mol. The van der Waals surface area contributed by atoms with Crippen molar-refractivity contribution in [1.29, 1.82) is 0 Å². The first-order valence-electron chi connectivity index (χ1n) is 24.2. The Bertz CT molecular complexity index is 3470. The van der Waals surface area contributed by atoms with E-state index in [1.54, 1.807) is 52.9 Å². The molecular formula is C52H55ClF5N7O8S4. The van der Waals surface area contributed by atoms with Gasteiger partial charge in [-0.25, -0.2) is 38.8 Å². The summed E-state index contributed by atoms with van der Waals surface area (Å²) in [5, 5.41) is 13.4. The van der Waals surface area contributed by atoms with E-state index >= 15 is 8.78 Å². The topological polar surface area (TPSA) is 190 Å². The maximum Gasteiger partial charge on any atom is 0.501 e. The number of piperazine rings is 1. The summed E-state index contributed by atoms with van der Waals surface area (Å²) in [6, 6.07) is 26.0. The molecule has 25 heteroatoms. The Labute approximate surface area is 453 Å². The average molecular weight is 1160 g/mol. The van der Waals surface area contributed by atoms with Crippen LogP contribution in [0.15, 0.2) is 124 Å². The fraction of sp³-hybridized carbons (Fsp3) is 0.327. The fourth-order valence-corrected chi connectivity index (χ4v) is 13.1. The van der Waals surface area contributed by atoms with Crippen molar-refractivity contribution in [3.8, 4) is 22.4 Å². The van der Waals surface area contributed by atoms with Gasteiger partial charge in [0.25, 0.3) is 25.8 Å². The molecule has 77 heavy (non-hydrogen) atoms. The summed E-state index contributed by atoms with van der Waals surface area (Å²) in [5.74, 6) is -2.75. The highest BCUT2D eigenvalue weighted by atomic mass is 35.5. The molecule has 1 amide bonds. The second-order valence-electron chi connectivity index (χ2n) is 18.8. The Morgan fingerprint density at radius 3 is 2.08 bits per heavy atom. The average Bonchev–Trinajstić information content (AvgIpc) is 3.66. The third kappa shape index (κ3) is 13.2. The summed E-state index contributed by atoms with van der Waals surface area (Å²) in [6.45, 7) is 4.28. The number of hydrogen-bond donors (Lipinski definition) is 4. The smallest absolute Gasteiger partial charge is 0.393 e. The van der Waals surface area contributed by atoms with Crippen LogP contribution in [0.5, 0.6) is 0 Å². The summed E-state index contributed by atoms with van der Waals surface area (Å²) in [5.41, 5.74) is -5.60. The van der Waals surface area contributed by atoms with Crippen LogP contribution >= 0.6 is 23.4 Å². The van der Waals surface area contributed by atoms with E-state index < -0.39 is 86.1 Å². The molecule has 1 aromatic heterocycles. The molecule has 2 aliphatic heterocycles. The molecule has 3 heterocycles. The van der Waals surface area contributed by atoms with Crippen LogP contribution in [0.25, 0.3) is 22.4 Å². The summed E-state index contributed by atoms with van der Waals surface area (Å²) >= 11 is 7.57. The highest BCUT2D eigenvalue weighted by Crippen LogP contribution is 2.44. The van der Waals surface area contributed by atoms with Crippen molar-refractivity contribution in [2.45, 2.75) is 58.5 Å². The molecule has 2 aliphatic rings. The van der Waals surface area contributed by atoms with Crippen LogP contribution in [0.3, 0.4) is 0 Å². The van der Waals surface area contributed by atoms with Crippen molar-refractivity contribution < 1.29 is 57.1 Å². The van der Waals surface area contributed by atoms with Gasteiger partial charge in [-0.05, 0) is 111 Å². The highest BCUT2D eigenvalue weighted by Gasteiger charge is 2.48. The minimum absolute atomic E-state index is 0.01000. The molecule has 2 fully saturated rings. The number of sulfonamides is 2. The largest absolute Gasteiger partial charge is 0.501 e. The van der Waals surface area contributed by atoms with Gasteiger partial charge in [0, 0.05) is 97.2 Å². The molecule has 2 saturated heterocycles. The van der Waals surface area contributed by atoms with Crippen molar-refractivity contribution in [1.82, 2.24) is 14.2 Å². The van der Waals surface area contributed by atoms with Crippen molar-refractivity contribution in [3.05, 3.63) is 137 Å². The molecule has 0 radical (unpaired) electrons. The first kappa shape index (κ1) is 57.3. The number of aliphatic hydroxyl groups excluding tert-OH is 1. The Morgan fingerprint density at radius 1 is 0.818 bits per heavy atom. The number of rotatable bonds is 18. The number of aromatic nitrogens is 1. The number of amides is 1. The number of alkyl halides is 3. The Morgan fingerprint density at radius 2 is 1.45 bits per heavy atom. The summed E-state index contributed by atoms with van der Waals surface area (Å²) < 4.78 is 160. The molecular weight excluding hydrogens is 1110 g/mol. The van der Waals surface area contributed by atoms with Gasteiger partial charge in [-0.1, -0.05) is 41.9 Å². The van der Waals surface area contributed by atoms with Crippen LogP contribution in [-0.4, -0.2) is 121 Å². The lowest BCUT2D eigenvalue weighted by molar-refractivity contribution is -0.0436. The number of nitrogens with zero attached hydrogens (tertiary/aromatic N) is 4. The number of nitrogens with one attached hydrogen (secondary N) is 3. The molecule has 0 aliphatic carbocycles. The molecule has 0 spiro atoms. The van der Waals surface area contributed by atoms with Crippen LogP contribution in [-0.2, 0) is 36.9 Å².